The highest BCUT2D eigenvalue weighted by atomic mass is 32.1. The lowest BCUT2D eigenvalue weighted by Gasteiger charge is -2.14. The summed E-state index contributed by atoms with van der Waals surface area (Å²) in [6, 6.07) is 15.0. The van der Waals surface area contributed by atoms with Gasteiger partial charge in [0, 0.05) is 24.7 Å². The van der Waals surface area contributed by atoms with Gasteiger partial charge in [0.05, 0.1) is 17.0 Å². The monoisotopic (exact) mass is 451 g/mol. The van der Waals surface area contributed by atoms with Crippen LogP contribution >= 0.6 is 12.2 Å². The van der Waals surface area contributed by atoms with E-state index in [9.17, 15) is 9.59 Å². The molecule has 1 heterocycles. The van der Waals surface area contributed by atoms with Crippen molar-refractivity contribution in [1.82, 2.24) is 9.55 Å². The molecule has 2 N–H and O–H groups in total. The van der Waals surface area contributed by atoms with E-state index in [1.807, 2.05) is 42.5 Å². The van der Waals surface area contributed by atoms with Gasteiger partial charge in [-0.25, -0.2) is 0 Å². The number of hydrogen-bond acceptors (Lipinski definition) is 4. The molecule has 6 nitrogen and oxygen atoms in total. The van der Waals surface area contributed by atoms with Gasteiger partial charge in [-0.1, -0.05) is 24.6 Å². The molecular weight excluding hydrogens is 422 g/mol. The van der Waals surface area contributed by atoms with Crippen molar-refractivity contribution in [3.8, 4) is 5.75 Å². The second-order valence-electron chi connectivity index (χ2n) is 8.34. The Kier molecular flexibility index (Phi) is 7.37. The van der Waals surface area contributed by atoms with Crippen molar-refractivity contribution in [3.63, 3.8) is 0 Å². The van der Waals surface area contributed by atoms with E-state index in [1.54, 1.807) is 10.6 Å². The zero-order valence-corrected chi connectivity index (χ0v) is 19.0. The number of carbonyl (C=O) groups is 1. The van der Waals surface area contributed by atoms with Crippen LogP contribution in [0.25, 0.3) is 10.9 Å². The van der Waals surface area contributed by atoms with E-state index in [-0.39, 0.29) is 11.5 Å². The van der Waals surface area contributed by atoms with Crippen LogP contribution in [-0.4, -0.2) is 21.6 Å². The molecule has 2 aromatic carbocycles. The molecule has 32 heavy (non-hydrogen) atoms. The zero-order valence-electron chi connectivity index (χ0n) is 18.1. The van der Waals surface area contributed by atoms with Gasteiger partial charge in [0.25, 0.3) is 5.56 Å². The molecule has 0 atom stereocenters. The fraction of sp³-hybridized carbons (Fsp3) is 0.400. The quantitative estimate of drug-likeness (QED) is 0.329. The first kappa shape index (κ1) is 22.3. The molecule has 3 aromatic rings. The number of para-hydroxylation sites is 1. The summed E-state index contributed by atoms with van der Waals surface area (Å²) in [5.41, 5.74) is 1.45. The number of benzene rings is 2. The van der Waals surface area contributed by atoms with Crippen LogP contribution in [0.5, 0.6) is 5.75 Å². The molecule has 1 fully saturated rings. The van der Waals surface area contributed by atoms with Gasteiger partial charge in [-0.15, -0.1) is 0 Å². The number of hydrogen-bond donors (Lipinski definition) is 2. The van der Waals surface area contributed by atoms with Crippen molar-refractivity contribution < 1.29 is 9.53 Å². The number of nitrogens with one attached hydrogen (secondary N) is 2. The second kappa shape index (κ2) is 10.6. The lowest BCUT2D eigenvalue weighted by atomic mass is 10.1. The molecule has 0 radical (unpaired) electrons. The lowest BCUT2D eigenvalue weighted by molar-refractivity contribution is -0.116. The van der Waals surface area contributed by atoms with Crippen molar-refractivity contribution in [2.24, 2.45) is 0 Å². The largest absolute Gasteiger partial charge is 0.490 e. The summed E-state index contributed by atoms with van der Waals surface area (Å²) in [4.78, 5) is 28.1. The SMILES string of the molecule is O=C(CCCCCn1c(=S)[nH]c2ccccc2c1=O)Nc1cccc(OC2CCCC2)c1. The van der Waals surface area contributed by atoms with Crippen LogP contribution in [0, 0.1) is 4.77 Å². The summed E-state index contributed by atoms with van der Waals surface area (Å²) in [7, 11) is 0. The highest BCUT2D eigenvalue weighted by Crippen LogP contribution is 2.25. The summed E-state index contributed by atoms with van der Waals surface area (Å²) < 4.78 is 8.05. The summed E-state index contributed by atoms with van der Waals surface area (Å²) in [5, 5.41) is 3.60. The van der Waals surface area contributed by atoms with Crippen molar-refractivity contribution >= 4 is 34.7 Å². The molecule has 0 unspecified atom stereocenters. The Balaban J connectivity index is 1.22. The number of H-pyrrole nitrogens is 1. The highest BCUT2D eigenvalue weighted by Gasteiger charge is 2.16. The summed E-state index contributed by atoms with van der Waals surface area (Å²) >= 11 is 5.35. The van der Waals surface area contributed by atoms with Gasteiger partial charge in [0.2, 0.25) is 5.91 Å². The minimum atomic E-state index is -0.0678. The van der Waals surface area contributed by atoms with Gasteiger partial charge in [-0.05, 0) is 75.0 Å². The Morgan fingerprint density at radius 1 is 1.09 bits per heavy atom. The number of carbonyl (C=O) groups excluding carboxylic acids is 1. The molecule has 1 aliphatic rings. The number of fused-ring (bicyclic) bond motifs is 1. The number of nitrogens with zero attached hydrogens (tertiary/aromatic N) is 1. The number of aromatic amines is 1. The molecule has 4 rings (SSSR count). The van der Waals surface area contributed by atoms with Crippen molar-refractivity contribution in [2.45, 2.75) is 64.0 Å². The number of ether oxygens (including phenoxy) is 1. The highest BCUT2D eigenvalue weighted by molar-refractivity contribution is 7.71. The van der Waals surface area contributed by atoms with Crippen LogP contribution in [0.4, 0.5) is 5.69 Å². The second-order valence-corrected chi connectivity index (χ2v) is 8.73. The fourth-order valence-electron chi connectivity index (χ4n) is 4.20. The minimum absolute atomic E-state index is 0.0109. The zero-order chi connectivity index (χ0) is 22.3. The van der Waals surface area contributed by atoms with E-state index in [1.165, 1.54) is 12.8 Å². The average Bonchev–Trinajstić information content (AvgIpc) is 3.29. The first-order valence-corrected chi connectivity index (χ1v) is 11.8. The van der Waals surface area contributed by atoms with Gasteiger partial charge < -0.3 is 15.0 Å². The van der Waals surface area contributed by atoms with Gasteiger partial charge >= 0.3 is 0 Å². The molecule has 1 saturated carbocycles. The van der Waals surface area contributed by atoms with E-state index < -0.39 is 0 Å². The predicted molar refractivity (Wildman–Crippen MR) is 130 cm³/mol. The number of unbranched alkanes of at least 4 members (excludes halogenated alkanes) is 2. The first-order chi connectivity index (χ1) is 15.6. The molecular formula is C25H29N3O3S. The Morgan fingerprint density at radius 3 is 2.75 bits per heavy atom. The maximum absolute atomic E-state index is 12.7. The molecule has 7 heteroatoms. The van der Waals surface area contributed by atoms with Gasteiger partial charge in [-0.2, -0.15) is 0 Å². The van der Waals surface area contributed by atoms with Crippen molar-refractivity contribution in [3.05, 3.63) is 63.7 Å². The standard InChI is InChI=1S/C25H29N3O3S/c29-23(26-18-9-8-12-20(17-18)31-19-10-3-4-11-19)15-2-1-7-16-28-24(30)21-13-5-6-14-22(21)27-25(28)32/h5-6,8-9,12-14,17,19H,1-4,7,10-11,15-16H2,(H,26,29)(H,27,32). The Hall–Kier alpha value is -2.93. The topological polar surface area (TPSA) is 76.1 Å². The lowest BCUT2D eigenvalue weighted by Crippen LogP contribution is -2.22. The third-order valence-corrected chi connectivity index (χ3v) is 6.22. The van der Waals surface area contributed by atoms with E-state index in [0.29, 0.717) is 29.2 Å². The van der Waals surface area contributed by atoms with Crippen molar-refractivity contribution in [2.75, 3.05) is 5.32 Å². The van der Waals surface area contributed by atoms with Crippen LogP contribution < -0.4 is 15.6 Å². The average molecular weight is 452 g/mol. The van der Waals surface area contributed by atoms with Gasteiger partial charge in [0.15, 0.2) is 4.77 Å². The Labute approximate surface area is 192 Å². The summed E-state index contributed by atoms with van der Waals surface area (Å²) in [6.45, 7) is 0.543. The van der Waals surface area contributed by atoms with E-state index >= 15 is 0 Å². The molecule has 0 saturated heterocycles. The van der Waals surface area contributed by atoms with Crippen molar-refractivity contribution in [1.29, 1.82) is 0 Å². The maximum Gasteiger partial charge on any atom is 0.262 e. The minimum Gasteiger partial charge on any atom is -0.490 e. The molecule has 1 amide bonds. The molecule has 0 aliphatic heterocycles. The third-order valence-electron chi connectivity index (χ3n) is 5.90. The van der Waals surface area contributed by atoms with Crippen LogP contribution in [0.2, 0.25) is 0 Å². The van der Waals surface area contributed by atoms with Crippen LogP contribution in [0.1, 0.15) is 51.4 Å². The van der Waals surface area contributed by atoms with Crippen LogP contribution in [0.15, 0.2) is 53.3 Å². The van der Waals surface area contributed by atoms with Crippen LogP contribution in [0.3, 0.4) is 0 Å². The maximum atomic E-state index is 12.7. The molecule has 1 aromatic heterocycles. The molecule has 168 valence electrons. The number of amides is 1. The van der Waals surface area contributed by atoms with Crippen LogP contribution in [-0.2, 0) is 11.3 Å². The van der Waals surface area contributed by atoms with E-state index in [4.69, 9.17) is 17.0 Å². The Morgan fingerprint density at radius 2 is 1.91 bits per heavy atom. The summed E-state index contributed by atoms with van der Waals surface area (Å²) in [5.74, 6) is 0.801. The fourth-order valence-corrected chi connectivity index (χ4v) is 4.49. The van der Waals surface area contributed by atoms with E-state index in [2.05, 4.69) is 10.3 Å². The van der Waals surface area contributed by atoms with Gasteiger partial charge in [0.1, 0.15) is 5.75 Å². The molecule has 1 aliphatic carbocycles. The van der Waals surface area contributed by atoms with E-state index in [0.717, 1.165) is 49.1 Å². The number of anilines is 1. The smallest absolute Gasteiger partial charge is 0.262 e. The normalized spacial score (nSPS) is 14.0. The predicted octanol–water partition coefficient (Wildman–Crippen LogP) is 5.58. The third kappa shape index (κ3) is 5.65. The van der Waals surface area contributed by atoms with Gasteiger partial charge in [-0.3, -0.25) is 14.2 Å². The summed E-state index contributed by atoms with van der Waals surface area (Å²) in [6.07, 6.45) is 7.77. The number of aromatic nitrogens is 2. The number of rotatable bonds is 9. The molecule has 0 bridgehead atoms. The first-order valence-electron chi connectivity index (χ1n) is 11.4. The Bertz CT molecular complexity index is 1190. The molecule has 0 spiro atoms.